The van der Waals surface area contributed by atoms with E-state index in [2.05, 4.69) is 0 Å². The van der Waals surface area contributed by atoms with Gasteiger partial charge in [0.05, 0.1) is 4.92 Å². The summed E-state index contributed by atoms with van der Waals surface area (Å²) >= 11 is 0. The van der Waals surface area contributed by atoms with Crippen molar-refractivity contribution in [1.29, 1.82) is 0 Å². The molecule has 2 bridgehead atoms. The Bertz CT molecular complexity index is 472. The molecule has 0 spiro atoms. The Morgan fingerprint density at radius 3 is 2.65 bits per heavy atom. The smallest absolute Gasteiger partial charge is 0.271 e. The maximum absolute atomic E-state index is 10.7. The lowest BCUT2D eigenvalue weighted by Crippen LogP contribution is -2.10. The normalized spacial score (nSPS) is 30.7. The molecule has 90 valence electrons. The molecule has 3 atom stereocenters. The third-order valence-corrected chi connectivity index (χ3v) is 4.42. The molecule has 17 heavy (non-hydrogen) atoms. The van der Waals surface area contributed by atoms with Crippen LogP contribution in [-0.4, -0.2) is 4.92 Å². The summed E-state index contributed by atoms with van der Waals surface area (Å²) in [4.78, 5) is 10.3. The van der Waals surface area contributed by atoms with Crippen molar-refractivity contribution in [2.45, 2.75) is 31.6 Å². The fraction of sp³-hybridized carbons (Fsp3) is 0.538. The monoisotopic (exact) mass is 232 g/mol. The molecular formula is C13H16N2O2. The number of fused-ring (bicyclic) bond motifs is 2. The zero-order valence-electron chi connectivity index (χ0n) is 9.63. The molecule has 2 fully saturated rings. The first-order valence-corrected chi connectivity index (χ1v) is 6.19. The minimum Gasteiger partial charge on any atom is -0.398 e. The minimum atomic E-state index is -0.388. The van der Waals surface area contributed by atoms with Crippen LogP contribution in [0.2, 0.25) is 0 Å². The molecule has 2 aliphatic carbocycles. The van der Waals surface area contributed by atoms with E-state index >= 15 is 0 Å². The Balaban J connectivity index is 1.91. The number of nitrogen functional groups attached to an aromatic ring is 1. The van der Waals surface area contributed by atoms with Gasteiger partial charge in [-0.25, -0.2) is 0 Å². The predicted molar refractivity (Wildman–Crippen MR) is 65.7 cm³/mol. The summed E-state index contributed by atoms with van der Waals surface area (Å²) in [5, 5.41) is 10.7. The Morgan fingerprint density at radius 1 is 1.29 bits per heavy atom. The molecule has 4 heteroatoms. The van der Waals surface area contributed by atoms with Gasteiger partial charge in [0, 0.05) is 17.8 Å². The van der Waals surface area contributed by atoms with Crippen LogP contribution >= 0.6 is 0 Å². The summed E-state index contributed by atoms with van der Waals surface area (Å²) < 4.78 is 0. The molecule has 1 aromatic rings. The van der Waals surface area contributed by atoms with Crippen molar-refractivity contribution in [1.82, 2.24) is 0 Å². The van der Waals surface area contributed by atoms with Gasteiger partial charge in [0.1, 0.15) is 0 Å². The predicted octanol–water partition coefficient (Wildman–Crippen LogP) is 3.08. The van der Waals surface area contributed by atoms with Crippen molar-refractivity contribution in [2.75, 3.05) is 5.73 Å². The number of nitrogens with two attached hydrogens (primary N) is 1. The number of nitrogens with zero attached hydrogens (tertiary/aromatic N) is 1. The zero-order valence-corrected chi connectivity index (χ0v) is 9.63. The Kier molecular flexibility index (Phi) is 2.31. The van der Waals surface area contributed by atoms with E-state index in [0.717, 1.165) is 17.4 Å². The number of hydrogen-bond acceptors (Lipinski definition) is 3. The van der Waals surface area contributed by atoms with Gasteiger partial charge in [0.15, 0.2) is 0 Å². The van der Waals surface area contributed by atoms with Gasteiger partial charge < -0.3 is 5.73 Å². The number of benzene rings is 1. The lowest BCUT2D eigenvalue weighted by molar-refractivity contribution is -0.384. The molecule has 0 aliphatic heterocycles. The van der Waals surface area contributed by atoms with Crippen molar-refractivity contribution < 1.29 is 4.92 Å². The van der Waals surface area contributed by atoms with Gasteiger partial charge in [0.25, 0.3) is 5.69 Å². The maximum Gasteiger partial charge on any atom is 0.271 e. The van der Waals surface area contributed by atoms with Crippen molar-refractivity contribution in [2.24, 2.45) is 11.8 Å². The largest absolute Gasteiger partial charge is 0.398 e. The highest BCUT2D eigenvalue weighted by molar-refractivity contribution is 5.55. The zero-order chi connectivity index (χ0) is 12.0. The number of nitro groups is 1. The second-order valence-electron chi connectivity index (χ2n) is 5.35. The van der Waals surface area contributed by atoms with Gasteiger partial charge in [-0.2, -0.15) is 0 Å². The van der Waals surface area contributed by atoms with Crippen LogP contribution in [0.5, 0.6) is 0 Å². The molecule has 3 rings (SSSR count). The van der Waals surface area contributed by atoms with Crippen molar-refractivity contribution in [3.8, 4) is 0 Å². The maximum atomic E-state index is 10.7. The highest BCUT2D eigenvalue weighted by atomic mass is 16.6. The lowest BCUT2D eigenvalue weighted by Gasteiger charge is -2.23. The third kappa shape index (κ3) is 1.68. The molecule has 1 aromatic carbocycles. The summed E-state index contributed by atoms with van der Waals surface area (Å²) in [6, 6.07) is 4.94. The molecule has 2 saturated carbocycles. The van der Waals surface area contributed by atoms with Crippen LogP contribution in [0.4, 0.5) is 11.4 Å². The number of non-ortho nitro benzene ring substituents is 1. The Labute approximate surface area is 100.0 Å². The van der Waals surface area contributed by atoms with Gasteiger partial charge in [-0.15, -0.1) is 0 Å². The average Bonchev–Trinajstić information content (AvgIpc) is 2.90. The second-order valence-corrected chi connectivity index (χ2v) is 5.35. The molecule has 1 unspecified atom stereocenters. The van der Waals surface area contributed by atoms with E-state index in [-0.39, 0.29) is 10.6 Å². The van der Waals surface area contributed by atoms with E-state index < -0.39 is 0 Å². The van der Waals surface area contributed by atoms with E-state index in [1.165, 1.54) is 31.7 Å². The van der Waals surface area contributed by atoms with Crippen LogP contribution in [0.15, 0.2) is 18.2 Å². The first-order chi connectivity index (χ1) is 8.15. The van der Waals surface area contributed by atoms with E-state index in [9.17, 15) is 10.1 Å². The summed E-state index contributed by atoms with van der Waals surface area (Å²) in [6.45, 7) is 0. The van der Waals surface area contributed by atoms with Gasteiger partial charge in [-0.1, -0.05) is 6.42 Å². The number of rotatable bonds is 2. The number of anilines is 1. The summed E-state index contributed by atoms with van der Waals surface area (Å²) in [5.74, 6) is 2.15. The first-order valence-electron chi connectivity index (χ1n) is 6.19. The fourth-order valence-corrected chi connectivity index (χ4v) is 3.64. The molecule has 4 nitrogen and oxygen atoms in total. The van der Waals surface area contributed by atoms with Crippen LogP contribution in [0, 0.1) is 22.0 Å². The van der Waals surface area contributed by atoms with Gasteiger partial charge in [0.2, 0.25) is 0 Å². The minimum absolute atomic E-state index is 0.0920. The molecule has 0 saturated heterocycles. The van der Waals surface area contributed by atoms with Crippen molar-refractivity contribution in [3.63, 3.8) is 0 Å². The lowest BCUT2D eigenvalue weighted by atomic mass is 9.83. The molecule has 0 radical (unpaired) electrons. The Morgan fingerprint density at radius 2 is 2.12 bits per heavy atom. The van der Waals surface area contributed by atoms with Crippen molar-refractivity contribution in [3.05, 3.63) is 33.9 Å². The van der Waals surface area contributed by atoms with Crippen LogP contribution < -0.4 is 5.73 Å². The highest BCUT2D eigenvalue weighted by Crippen LogP contribution is 2.53. The molecule has 0 aromatic heterocycles. The van der Waals surface area contributed by atoms with Crippen molar-refractivity contribution >= 4 is 11.4 Å². The summed E-state index contributed by atoms with van der Waals surface area (Å²) in [7, 11) is 0. The summed E-state index contributed by atoms with van der Waals surface area (Å²) in [6.07, 6.45) is 5.19. The standard InChI is InChI=1S/C13H16N2O2/c14-13-7-10(15(16)17)3-4-11(13)12-6-8-1-2-9(12)5-8/h3-4,7-9,12H,1-2,5-6,14H2/t8-,9+,12?/m1/s1. The second kappa shape index (κ2) is 3.72. The van der Waals surface area contributed by atoms with Gasteiger partial charge in [-0.05, 0) is 48.6 Å². The molecule has 2 N–H and O–H groups in total. The van der Waals surface area contributed by atoms with E-state index in [1.54, 1.807) is 6.07 Å². The van der Waals surface area contributed by atoms with Gasteiger partial charge in [-0.3, -0.25) is 10.1 Å². The summed E-state index contributed by atoms with van der Waals surface area (Å²) in [5.41, 5.74) is 7.78. The van der Waals surface area contributed by atoms with E-state index in [0.29, 0.717) is 11.6 Å². The third-order valence-electron chi connectivity index (χ3n) is 4.42. The molecule has 2 aliphatic rings. The Hall–Kier alpha value is -1.58. The first kappa shape index (κ1) is 10.6. The highest BCUT2D eigenvalue weighted by Gasteiger charge is 2.40. The van der Waals surface area contributed by atoms with Crippen LogP contribution in [-0.2, 0) is 0 Å². The average molecular weight is 232 g/mol. The SMILES string of the molecule is Nc1cc([N+](=O)[O-])ccc1C1C[C@@H]2CC[C@H]1C2. The molecule has 0 amide bonds. The number of hydrogen-bond donors (Lipinski definition) is 1. The van der Waals surface area contributed by atoms with Crippen LogP contribution in [0.1, 0.15) is 37.2 Å². The van der Waals surface area contributed by atoms with Crippen LogP contribution in [0.3, 0.4) is 0 Å². The molecular weight excluding hydrogens is 216 g/mol. The molecule has 0 heterocycles. The number of nitro benzene ring substituents is 1. The quantitative estimate of drug-likeness (QED) is 0.484. The topological polar surface area (TPSA) is 69.2 Å². The van der Waals surface area contributed by atoms with E-state index in [4.69, 9.17) is 5.73 Å². The fourth-order valence-electron chi connectivity index (χ4n) is 3.64. The van der Waals surface area contributed by atoms with Crippen LogP contribution in [0.25, 0.3) is 0 Å². The van der Waals surface area contributed by atoms with Gasteiger partial charge >= 0.3 is 0 Å². The van der Waals surface area contributed by atoms with E-state index in [1.807, 2.05) is 6.07 Å².